The van der Waals surface area contributed by atoms with Crippen molar-refractivity contribution in [1.29, 1.82) is 0 Å². The molecule has 1 rings (SSSR count). The van der Waals surface area contributed by atoms with Crippen LogP contribution in [0.15, 0.2) is 0 Å². The average Bonchev–Trinajstić information content (AvgIpc) is 2.45. The summed E-state index contributed by atoms with van der Waals surface area (Å²) in [6, 6.07) is 0. The Labute approximate surface area is 48.8 Å². The highest BCUT2D eigenvalue weighted by molar-refractivity contribution is 4.78. The molecule has 1 fully saturated rings. The van der Waals surface area contributed by atoms with Gasteiger partial charge in [0.15, 0.2) is 0 Å². The number of epoxide rings is 1. The van der Waals surface area contributed by atoms with Gasteiger partial charge < -0.3 is 4.74 Å². The van der Waals surface area contributed by atoms with Gasteiger partial charge in [-0.05, 0) is 6.42 Å². The lowest BCUT2D eigenvalue weighted by atomic mass is 10.2. The van der Waals surface area contributed by atoms with Crippen molar-refractivity contribution < 1.29 is 9.13 Å². The van der Waals surface area contributed by atoms with Crippen molar-refractivity contribution in [2.24, 2.45) is 0 Å². The Morgan fingerprint density at radius 1 is 1.75 bits per heavy atom. The van der Waals surface area contributed by atoms with E-state index in [9.17, 15) is 4.39 Å². The van der Waals surface area contributed by atoms with E-state index >= 15 is 0 Å². The maximum Gasteiger partial charge on any atom is 0.233 e. The quantitative estimate of drug-likeness (QED) is 0.515. The van der Waals surface area contributed by atoms with Crippen LogP contribution in [0.1, 0.15) is 26.2 Å². The highest BCUT2D eigenvalue weighted by Crippen LogP contribution is 2.33. The average molecular weight is 118 g/mol. The van der Waals surface area contributed by atoms with E-state index in [2.05, 4.69) is 4.74 Å². The van der Waals surface area contributed by atoms with Gasteiger partial charge in [0, 0.05) is 6.42 Å². The fraction of sp³-hybridized carbons (Fsp3) is 1.00. The molecule has 0 aliphatic carbocycles. The van der Waals surface area contributed by atoms with Crippen LogP contribution in [0.4, 0.5) is 4.39 Å². The first kappa shape index (κ1) is 6.02. The van der Waals surface area contributed by atoms with Crippen LogP contribution in [0, 0.1) is 0 Å². The Bertz CT molecular complexity index is 78.6. The summed E-state index contributed by atoms with van der Waals surface area (Å²) in [4.78, 5) is 0. The molecule has 0 aromatic heterocycles. The summed E-state index contributed by atoms with van der Waals surface area (Å²) >= 11 is 0. The van der Waals surface area contributed by atoms with Gasteiger partial charge in [0.25, 0.3) is 0 Å². The standard InChI is InChI=1S/C6H11FO/c1-2-3-4-6(7)5-8-6/h2-5H2,1H3. The zero-order valence-corrected chi connectivity index (χ0v) is 5.11. The van der Waals surface area contributed by atoms with Crippen molar-refractivity contribution in [1.82, 2.24) is 0 Å². The maximum absolute atomic E-state index is 12.5. The third kappa shape index (κ3) is 1.44. The molecule has 0 saturated carbocycles. The molecule has 2 heteroatoms. The second kappa shape index (κ2) is 2.02. The monoisotopic (exact) mass is 118 g/mol. The minimum absolute atomic E-state index is 0.326. The van der Waals surface area contributed by atoms with Gasteiger partial charge >= 0.3 is 0 Å². The van der Waals surface area contributed by atoms with Crippen molar-refractivity contribution in [2.75, 3.05) is 6.61 Å². The first-order valence-electron chi connectivity index (χ1n) is 3.10. The molecule has 1 heterocycles. The third-order valence-corrected chi connectivity index (χ3v) is 1.36. The van der Waals surface area contributed by atoms with Crippen molar-refractivity contribution >= 4 is 0 Å². The van der Waals surface area contributed by atoms with E-state index in [-0.39, 0.29) is 0 Å². The predicted molar refractivity (Wildman–Crippen MR) is 29.3 cm³/mol. The van der Waals surface area contributed by atoms with Gasteiger partial charge in [-0.2, -0.15) is 0 Å². The summed E-state index contributed by atoms with van der Waals surface area (Å²) in [6.07, 6.45) is 2.58. The summed E-state index contributed by atoms with van der Waals surface area (Å²) in [5.74, 6) is -1.20. The molecule has 1 saturated heterocycles. The topological polar surface area (TPSA) is 12.5 Å². The Hall–Kier alpha value is -0.110. The molecule has 1 aliphatic heterocycles. The van der Waals surface area contributed by atoms with Gasteiger partial charge in [-0.15, -0.1) is 0 Å². The molecule has 0 radical (unpaired) electrons. The Morgan fingerprint density at radius 3 is 2.75 bits per heavy atom. The van der Waals surface area contributed by atoms with E-state index < -0.39 is 5.85 Å². The molecule has 0 spiro atoms. The zero-order chi connectivity index (χ0) is 6.04. The maximum atomic E-state index is 12.5. The van der Waals surface area contributed by atoms with Crippen LogP contribution < -0.4 is 0 Å². The summed E-state index contributed by atoms with van der Waals surface area (Å²) < 4.78 is 17.0. The van der Waals surface area contributed by atoms with Crippen LogP contribution >= 0.6 is 0 Å². The van der Waals surface area contributed by atoms with Crippen molar-refractivity contribution in [3.8, 4) is 0 Å². The van der Waals surface area contributed by atoms with Gasteiger partial charge in [0.05, 0.1) is 0 Å². The van der Waals surface area contributed by atoms with Gasteiger partial charge in [-0.3, -0.25) is 0 Å². The lowest BCUT2D eigenvalue weighted by Gasteiger charge is -1.95. The van der Waals surface area contributed by atoms with Gasteiger partial charge in [-0.1, -0.05) is 13.3 Å². The fourth-order valence-corrected chi connectivity index (χ4v) is 0.663. The highest BCUT2D eigenvalue weighted by Gasteiger charge is 2.44. The van der Waals surface area contributed by atoms with Crippen molar-refractivity contribution in [2.45, 2.75) is 32.0 Å². The van der Waals surface area contributed by atoms with E-state index in [0.717, 1.165) is 12.8 Å². The van der Waals surface area contributed by atoms with Crippen LogP contribution in [0.3, 0.4) is 0 Å². The number of unbranched alkanes of at least 4 members (excludes halogenated alkanes) is 1. The normalized spacial score (nSPS) is 35.2. The van der Waals surface area contributed by atoms with Crippen LogP contribution in [-0.2, 0) is 4.74 Å². The summed E-state index contributed by atoms with van der Waals surface area (Å²) in [6.45, 7) is 2.37. The van der Waals surface area contributed by atoms with E-state index in [0.29, 0.717) is 13.0 Å². The fourth-order valence-electron chi connectivity index (χ4n) is 0.663. The highest BCUT2D eigenvalue weighted by atomic mass is 19.2. The minimum atomic E-state index is -1.20. The van der Waals surface area contributed by atoms with E-state index in [1.54, 1.807) is 0 Å². The van der Waals surface area contributed by atoms with Gasteiger partial charge in [-0.25, -0.2) is 4.39 Å². The molecule has 0 amide bonds. The van der Waals surface area contributed by atoms with Crippen molar-refractivity contribution in [3.05, 3.63) is 0 Å². The Balaban J connectivity index is 2.01. The smallest absolute Gasteiger partial charge is 0.233 e. The molecule has 1 aliphatic rings. The molecule has 48 valence electrons. The number of alkyl halides is 1. The number of hydrogen-bond donors (Lipinski definition) is 0. The van der Waals surface area contributed by atoms with Crippen LogP contribution in [-0.4, -0.2) is 12.5 Å². The molecular weight excluding hydrogens is 107 g/mol. The largest absolute Gasteiger partial charge is 0.338 e. The molecule has 0 aromatic carbocycles. The van der Waals surface area contributed by atoms with E-state index in [4.69, 9.17) is 0 Å². The third-order valence-electron chi connectivity index (χ3n) is 1.36. The van der Waals surface area contributed by atoms with Crippen LogP contribution in [0.2, 0.25) is 0 Å². The molecular formula is C6H11FO. The Kier molecular flexibility index (Phi) is 1.52. The first-order valence-corrected chi connectivity index (χ1v) is 3.10. The second-order valence-corrected chi connectivity index (χ2v) is 2.28. The summed E-state index contributed by atoms with van der Waals surface area (Å²) in [5.41, 5.74) is 0. The minimum Gasteiger partial charge on any atom is -0.338 e. The second-order valence-electron chi connectivity index (χ2n) is 2.28. The summed E-state index contributed by atoms with van der Waals surface area (Å²) in [7, 11) is 0. The van der Waals surface area contributed by atoms with Gasteiger partial charge in [0.1, 0.15) is 6.61 Å². The molecule has 0 bridgehead atoms. The number of ether oxygens (including phenoxy) is 1. The molecule has 0 aromatic rings. The van der Waals surface area contributed by atoms with Crippen molar-refractivity contribution in [3.63, 3.8) is 0 Å². The SMILES string of the molecule is CCCCC1(F)CO1. The molecule has 0 N–H and O–H groups in total. The number of rotatable bonds is 3. The predicted octanol–water partition coefficient (Wildman–Crippen LogP) is 1.87. The van der Waals surface area contributed by atoms with Gasteiger partial charge in [0.2, 0.25) is 5.85 Å². The molecule has 1 unspecified atom stereocenters. The van der Waals surface area contributed by atoms with Crippen LogP contribution in [0.25, 0.3) is 0 Å². The molecule has 8 heavy (non-hydrogen) atoms. The zero-order valence-electron chi connectivity index (χ0n) is 5.11. The lowest BCUT2D eigenvalue weighted by Crippen LogP contribution is -1.99. The van der Waals surface area contributed by atoms with E-state index in [1.165, 1.54) is 0 Å². The first-order chi connectivity index (χ1) is 3.77. The number of hydrogen-bond acceptors (Lipinski definition) is 1. The van der Waals surface area contributed by atoms with Crippen LogP contribution in [0.5, 0.6) is 0 Å². The number of halogens is 1. The lowest BCUT2D eigenvalue weighted by molar-refractivity contribution is 0.127. The molecule has 1 atom stereocenters. The van der Waals surface area contributed by atoms with E-state index in [1.807, 2.05) is 6.92 Å². The Morgan fingerprint density at radius 2 is 2.38 bits per heavy atom. The summed E-state index contributed by atoms with van der Waals surface area (Å²) in [5, 5.41) is 0. The molecule has 1 nitrogen and oxygen atoms in total.